The fourth-order valence-electron chi connectivity index (χ4n) is 3.40. The van der Waals surface area contributed by atoms with E-state index in [1.807, 2.05) is 43.3 Å². The quantitative estimate of drug-likeness (QED) is 0.747. The van der Waals surface area contributed by atoms with Crippen molar-refractivity contribution in [1.29, 1.82) is 0 Å². The largest absolute Gasteiger partial charge is 0.493 e. The van der Waals surface area contributed by atoms with Gasteiger partial charge in [0.1, 0.15) is 11.4 Å². The molecule has 1 aliphatic rings. The predicted octanol–water partition coefficient (Wildman–Crippen LogP) is 2.80. The summed E-state index contributed by atoms with van der Waals surface area (Å²) in [5.41, 5.74) is 3.70. The maximum absolute atomic E-state index is 12.5. The number of aromatic amines is 1. The second-order valence-electron chi connectivity index (χ2n) is 6.83. The molecular formula is C21H21N3O3. The zero-order valence-corrected chi connectivity index (χ0v) is 15.1. The number of carbonyl (C=O) groups excluding carboxylic acids is 1. The average molecular weight is 363 g/mol. The number of para-hydroxylation sites is 2. The Hall–Kier alpha value is -3.15. The molecule has 6 heteroatoms. The molecule has 0 aliphatic carbocycles. The van der Waals surface area contributed by atoms with Crippen LogP contribution in [0.5, 0.6) is 5.75 Å². The van der Waals surface area contributed by atoms with Crippen molar-refractivity contribution in [2.45, 2.75) is 32.2 Å². The molecule has 4 rings (SSSR count). The van der Waals surface area contributed by atoms with E-state index in [9.17, 15) is 9.59 Å². The van der Waals surface area contributed by atoms with Gasteiger partial charge in [-0.05, 0) is 25.1 Å². The minimum atomic E-state index is -0.242. The van der Waals surface area contributed by atoms with Crippen molar-refractivity contribution < 1.29 is 9.53 Å². The molecule has 0 saturated carbocycles. The smallest absolute Gasteiger partial charge is 0.270 e. The summed E-state index contributed by atoms with van der Waals surface area (Å²) in [6, 6.07) is 13.3. The number of rotatable bonds is 4. The number of benzene rings is 2. The van der Waals surface area contributed by atoms with Crippen molar-refractivity contribution in [2.75, 3.05) is 6.61 Å². The minimum absolute atomic E-state index is 0.0657. The molecule has 1 unspecified atom stereocenters. The van der Waals surface area contributed by atoms with Gasteiger partial charge in [0.25, 0.3) is 5.56 Å². The molecule has 1 aliphatic heterocycles. The van der Waals surface area contributed by atoms with Crippen molar-refractivity contribution in [1.82, 2.24) is 15.3 Å². The molecule has 0 spiro atoms. The summed E-state index contributed by atoms with van der Waals surface area (Å²) in [6.07, 6.45) is 1.25. The standard InChI is InChI=1S/C21H21N3O3/c1-13-6-8-19-14(12-13)15(10-11-27-19)23-20(25)9-7-18-21(26)24-17-5-3-2-4-16(17)22-18/h2-6,8,12,15H,7,9-11H2,1H3,(H,23,25)(H,24,26). The Bertz CT molecular complexity index is 1060. The number of ether oxygens (including phenoxy) is 1. The lowest BCUT2D eigenvalue weighted by Crippen LogP contribution is -2.32. The van der Waals surface area contributed by atoms with Crippen LogP contribution < -0.4 is 15.6 Å². The Morgan fingerprint density at radius 2 is 2.15 bits per heavy atom. The number of fused-ring (bicyclic) bond motifs is 2. The lowest BCUT2D eigenvalue weighted by Gasteiger charge is -2.27. The van der Waals surface area contributed by atoms with Crippen molar-refractivity contribution in [3.8, 4) is 5.75 Å². The Morgan fingerprint density at radius 3 is 3.04 bits per heavy atom. The first-order valence-corrected chi connectivity index (χ1v) is 9.11. The van der Waals surface area contributed by atoms with Crippen LogP contribution in [0.3, 0.4) is 0 Å². The molecule has 1 atom stereocenters. The summed E-state index contributed by atoms with van der Waals surface area (Å²) in [7, 11) is 0. The molecule has 6 nitrogen and oxygen atoms in total. The molecule has 27 heavy (non-hydrogen) atoms. The number of carbonyl (C=O) groups is 1. The van der Waals surface area contributed by atoms with Gasteiger partial charge in [0.05, 0.1) is 23.7 Å². The zero-order chi connectivity index (χ0) is 18.8. The lowest BCUT2D eigenvalue weighted by molar-refractivity contribution is -0.122. The molecule has 3 aromatic rings. The van der Waals surface area contributed by atoms with E-state index in [0.717, 1.165) is 28.8 Å². The van der Waals surface area contributed by atoms with Crippen molar-refractivity contribution in [3.63, 3.8) is 0 Å². The molecule has 0 saturated heterocycles. The Balaban J connectivity index is 1.45. The third-order valence-electron chi connectivity index (χ3n) is 4.80. The molecule has 0 fully saturated rings. The van der Waals surface area contributed by atoms with Gasteiger partial charge in [0, 0.05) is 24.8 Å². The van der Waals surface area contributed by atoms with Gasteiger partial charge in [0.2, 0.25) is 5.91 Å². The third kappa shape index (κ3) is 3.69. The minimum Gasteiger partial charge on any atom is -0.493 e. The fourth-order valence-corrected chi connectivity index (χ4v) is 3.40. The van der Waals surface area contributed by atoms with Crippen LogP contribution in [0, 0.1) is 6.92 Å². The van der Waals surface area contributed by atoms with Gasteiger partial charge in [-0.2, -0.15) is 0 Å². The first-order valence-electron chi connectivity index (χ1n) is 9.11. The van der Waals surface area contributed by atoms with Crippen LogP contribution in [0.15, 0.2) is 47.3 Å². The Morgan fingerprint density at radius 1 is 1.30 bits per heavy atom. The number of hydrogen-bond donors (Lipinski definition) is 2. The van der Waals surface area contributed by atoms with Crippen LogP contribution in [0.25, 0.3) is 11.0 Å². The maximum atomic E-state index is 12.5. The van der Waals surface area contributed by atoms with Gasteiger partial charge in [-0.1, -0.05) is 29.8 Å². The number of aromatic nitrogens is 2. The summed E-state index contributed by atoms with van der Waals surface area (Å²) >= 11 is 0. The number of hydrogen-bond acceptors (Lipinski definition) is 4. The molecule has 2 N–H and O–H groups in total. The van der Waals surface area contributed by atoms with Gasteiger partial charge < -0.3 is 15.0 Å². The molecule has 1 aromatic heterocycles. The van der Waals surface area contributed by atoms with Gasteiger partial charge in [-0.25, -0.2) is 4.98 Å². The van der Waals surface area contributed by atoms with E-state index in [1.165, 1.54) is 0 Å². The molecule has 138 valence electrons. The molecular weight excluding hydrogens is 342 g/mol. The highest BCUT2D eigenvalue weighted by Crippen LogP contribution is 2.32. The second kappa shape index (κ2) is 7.23. The van der Waals surface area contributed by atoms with Crippen LogP contribution in [-0.2, 0) is 11.2 Å². The first kappa shape index (κ1) is 17.3. The van der Waals surface area contributed by atoms with E-state index in [-0.39, 0.29) is 23.9 Å². The van der Waals surface area contributed by atoms with Crippen molar-refractivity contribution in [3.05, 3.63) is 69.6 Å². The van der Waals surface area contributed by atoms with E-state index >= 15 is 0 Å². The number of aryl methyl sites for hydroxylation is 2. The SMILES string of the molecule is Cc1ccc2c(c1)C(NC(=O)CCc1nc3ccccc3[nH]c1=O)CCO2. The molecule has 0 bridgehead atoms. The molecule has 0 radical (unpaired) electrons. The van der Waals surface area contributed by atoms with E-state index in [0.29, 0.717) is 24.2 Å². The highest BCUT2D eigenvalue weighted by Gasteiger charge is 2.23. The van der Waals surface area contributed by atoms with Crippen LogP contribution >= 0.6 is 0 Å². The summed E-state index contributed by atoms with van der Waals surface area (Å²) in [5.74, 6) is 0.730. The highest BCUT2D eigenvalue weighted by molar-refractivity contribution is 5.77. The number of nitrogens with one attached hydrogen (secondary N) is 2. The van der Waals surface area contributed by atoms with Crippen LogP contribution in [-0.4, -0.2) is 22.5 Å². The third-order valence-corrected chi connectivity index (χ3v) is 4.80. The number of H-pyrrole nitrogens is 1. The molecule has 2 heterocycles. The van der Waals surface area contributed by atoms with E-state index < -0.39 is 0 Å². The zero-order valence-electron chi connectivity index (χ0n) is 15.1. The fraction of sp³-hybridized carbons (Fsp3) is 0.286. The highest BCUT2D eigenvalue weighted by atomic mass is 16.5. The van der Waals surface area contributed by atoms with Gasteiger partial charge in [-0.15, -0.1) is 0 Å². The van der Waals surface area contributed by atoms with E-state index in [4.69, 9.17) is 4.74 Å². The summed E-state index contributed by atoms with van der Waals surface area (Å²) in [5, 5.41) is 3.07. The van der Waals surface area contributed by atoms with Gasteiger partial charge in [-0.3, -0.25) is 9.59 Å². The monoisotopic (exact) mass is 363 g/mol. The van der Waals surface area contributed by atoms with E-state index in [1.54, 1.807) is 0 Å². The Labute approximate surface area is 156 Å². The Kier molecular flexibility index (Phi) is 4.62. The maximum Gasteiger partial charge on any atom is 0.270 e. The molecule has 1 amide bonds. The van der Waals surface area contributed by atoms with Gasteiger partial charge in [0.15, 0.2) is 0 Å². The topological polar surface area (TPSA) is 84.1 Å². The summed E-state index contributed by atoms with van der Waals surface area (Å²) in [4.78, 5) is 31.8. The van der Waals surface area contributed by atoms with Crippen LogP contribution in [0.2, 0.25) is 0 Å². The average Bonchev–Trinajstić information content (AvgIpc) is 2.67. The van der Waals surface area contributed by atoms with Crippen molar-refractivity contribution in [2.24, 2.45) is 0 Å². The normalized spacial score (nSPS) is 15.8. The summed E-state index contributed by atoms with van der Waals surface area (Å²) < 4.78 is 5.67. The lowest BCUT2D eigenvalue weighted by atomic mass is 9.98. The van der Waals surface area contributed by atoms with Gasteiger partial charge >= 0.3 is 0 Å². The van der Waals surface area contributed by atoms with Crippen molar-refractivity contribution >= 4 is 16.9 Å². The number of nitrogens with zero attached hydrogens (tertiary/aromatic N) is 1. The summed E-state index contributed by atoms with van der Waals surface area (Å²) in [6.45, 7) is 2.60. The number of amides is 1. The molecule has 2 aromatic carbocycles. The second-order valence-corrected chi connectivity index (χ2v) is 6.83. The predicted molar refractivity (Wildman–Crippen MR) is 103 cm³/mol. The van der Waals surface area contributed by atoms with Crippen LogP contribution in [0.1, 0.15) is 35.7 Å². The first-order chi connectivity index (χ1) is 13.1. The van der Waals surface area contributed by atoms with E-state index in [2.05, 4.69) is 21.4 Å². The van der Waals surface area contributed by atoms with Crippen LogP contribution in [0.4, 0.5) is 0 Å².